The highest BCUT2D eigenvalue weighted by molar-refractivity contribution is 5.95. The summed E-state index contributed by atoms with van der Waals surface area (Å²) in [7, 11) is 1.34. The number of rotatable bonds is 6. The molecule has 2 aromatic carbocycles. The Morgan fingerprint density at radius 2 is 1.89 bits per heavy atom. The van der Waals surface area contributed by atoms with Crippen molar-refractivity contribution >= 4 is 18.3 Å². The standard InChI is InChI=1S/C20H22F2N2O3.ClH/c1-26-18-9-14(7-8-17(18)27-20(21)22)19(25)24-11-15(10-23)16(12-24)13-5-3-2-4-6-13;/h2-9,15-16,20H,10-12,23H2,1H3;1H/t15-,16+;/m1./s1. The number of halogens is 3. The smallest absolute Gasteiger partial charge is 0.387 e. The average Bonchev–Trinajstić information content (AvgIpc) is 3.12. The second-order valence-electron chi connectivity index (χ2n) is 6.47. The molecule has 0 aromatic heterocycles. The summed E-state index contributed by atoms with van der Waals surface area (Å²) in [5, 5.41) is 0. The van der Waals surface area contributed by atoms with Crippen molar-refractivity contribution in [1.82, 2.24) is 4.90 Å². The lowest BCUT2D eigenvalue weighted by Crippen LogP contribution is -2.29. The second kappa shape index (κ2) is 9.71. The van der Waals surface area contributed by atoms with Gasteiger partial charge in [-0.05, 0) is 36.2 Å². The molecule has 0 saturated carbocycles. The van der Waals surface area contributed by atoms with Gasteiger partial charge in [0, 0.05) is 24.6 Å². The third kappa shape index (κ3) is 4.72. The molecule has 152 valence electrons. The average molecular weight is 413 g/mol. The van der Waals surface area contributed by atoms with E-state index in [0.29, 0.717) is 25.2 Å². The van der Waals surface area contributed by atoms with Crippen LogP contribution in [-0.2, 0) is 0 Å². The summed E-state index contributed by atoms with van der Waals surface area (Å²) in [5.41, 5.74) is 7.44. The summed E-state index contributed by atoms with van der Waals surface area (Å²) in [6, 6.07) is 14.2. The molecule has 1 heterocycles. The van der Waals surface area contributed by atoms with Crippen molar-refractivity contribution in [2.24, 2.45) is 11.7 Å². The molecule has 0 aliphatic carbocycles. The van der Waals surface area contributed by atoms with Gasteiger partial charge in [-0.25, -0.2) is 0 Å². The van der Waals surface area contributed by atoms with Crippen molar-refractivity contribution < 1.29 is 23.0 Å². The molecule has 2 aromatic rings. The third-order valence-electron chi connectivity index (χ3n) is 4.89. The van der Waals surface area contributed by atoms with Gasteiger partial charge in [0.15, 0.2) is 11.5 Å². The molecule has 8 heteroatoms. The summed E-state index contributed by atoms with van der Waals surface area (Å²) < 4.78 is 34.4. The van der Waals surface area contributed by atoms with Gasteiger partial charge in [0.05, 0.1) is 7.11 Å². The zero-order chi connectivity index (χ0) is 19.4. The summed E-state index contributed by atoms with van der Waals surface area (Å²) in [5.74, 6) is 0.139. The molecule has 0 radical (unpaired) electrons. The molecule has 2 atom stereocenters. The molecule has 5 nitrogen and oxygen atoms in total. The zero-order valence-corrected chi connectivity index (χ0v) is 16.2. The Morgan fingerprint density at radius 3 is 2.50 bits per heavy atom. The molecule has 3 rings (SSSR count). The first kappa shape index (κ1) is 21.9. The largest absolute Gasteiger partial charge is 0.493 e. The summed E-state index contributed by atoms with van der Waals surface area (Å²) in [6.45, 7) is -1.38. The van der Waals surface area contributed by atoms with Crippen molar-refractivity contribution in [2.45, 2.75) is 12.5 Å². The Hall–Kier alpha value is -2.38. The SMILES string of the molecule is COc1cc(C(=O)N2C[C@@H](CN)[C@H](c3ccccc3)C2)ccc1OC(F)F.Cl. The molecule has 1 amide bonds. The van der Waals surface area contributed by atoms with E-state index in [1.807, 2.05) is 30.3 Å². The normalized spacial score (nSPS) is 18.7. The minimum atomic E-state index is -2.96. The number of likely N-dealkylation sites (tertiary alicyclic amines) is 1. The van der Waals surface area contributed by atoms with Crippen LogP contribution in [0.25, 0.3) is 0 Å². The monoisotopic (exact) mass is 412 g/mol. The van der Waals surface area contributed by atoms with E-state index in [-0.39, 0.29) is 41.6 Å². The molecule has 0 unspecified atom stereocenters. The Morgan fingerprint density at radius 1 is 1.18 bits per heavy atom. The van der Waals surface area contributed by atoms with Gasteiger partial charge < -0.3 is 20.1 Å². The van der Waals surface area contributed by atoms with Crippen LogP contribution in [0.3, 0.4) is 0 Å². The van der Waals surface area contributed by atoms with E-state index in [2.05, 4.69) is 4.74 Å². The molecule has 1 aliphatic heterocycles. The fourth-order valence-electron chi connectivity index (χ4n) is 3.53. The minimum absolute atomic E-state index is 0. The number of hydrogen-bond acceptors (Lipinski definition) is 4. The number of alkyl halides is 2. The summed E-state index contributed by atoms with van der Waals surface area (Å²) >= 11 is 0. The van der Waals surface area contributed by atoms with Gasteiger partial charge in [-0.15, -0.1) is 12.4 Å². The highest BCUT2D eigenvalue weighted by Crippen LogP contribution is 2.34. The molecular formula is C20H23ClF2N2O3. The van der Waals surface area contributed by atoms with Crippen LogP contribution in [0.1, 0.15) is 21.8 Å². The molecule has 1 aliphatic rings. The number of hydrogen-bond donors (Lipinski definition) is 1. The fraction of sp³-hybridized carbons (Fsp3) is 0.350. The molecule has 0 bridgehead atoms. The highest BCUT2D eigenvalue weighted by Gasteiger charge is 2.35. The lowest BCUT2D eigenvalue weighted by Gasteiger charge is -2.18. The van der Waals surface area contributed by atoms with Gasteiger partial charge in [0.2, 0.25) is 0 Å². The second-order valence-corrected chi connectivity index (χ2v) is 6.47. The van der Waals surface area contributed by atoms with Crippen LogP contribution in [0, 0.1) is 5.92 Å². The Kier molecular flexibility index (Phi) is 7.60. The number of amides is 1. The highest BCUT2D eigenvalue weighted by atomic mass is 35.5. The molecule has 1 saturated heterocycles. The Balaban J connectivity index is 0.00000280. The fourth-order valence-corrected chi connectivity index (χ4v) is 3.53. The van der Waals surface area contributed by atoms with Crippen LogP contribution in [0.15, 0.2) is 48.5 Å². The van der Waals surface area contributed by atoms with Crippen LogP contribution in [-0.4, -0.2) is 44.2 Å². The van der Waals surface area contributed by atoms with Gasteiger partial charge in [-0.1, -0.05) is 30.3 Å². The van der Waals surface area contributed by atoms with Gasteiger partial charge in [0.25, 0.3) is 5.91 Å². The third-order valence-corrected chi connectivity index (χ3v) is 4.89. The molecular weight excluding hydrogens is 390 g/mol. The van der Waals surface area contributed by atoms with Crippen LogP contribution in [0.5, 0.6) is 11.5 Å². The number of methoxy groups -OCH3 is 1. The predicted molar refractivity (Wildman–Crippen MR) is 105 cm³/mol. The van der Waals surface area contributed by atoms with Crippen LogP contribution in [0.4, 0.5) is 8.78 Å². The van der Waals surface area contributed by atoms with Crippen molar-refractivity contribution in [1.29, 1.82) is 0 Å². The van der Waals surface area contributed by atoms with Crippen molar-refractivity contribution in [2.75, 3.05) is 26.7 Å². The number of carbonyl (C=O) groups is 1. The number of nitrogens with two attached hydrogens (primary N) is 1. The number of benzene rings is 2. The molecule has 28 heavy (non-hydrogen) atoms. The topological polar surface area (TPSA) is 64.8 Å². The molecule has 1 fully saturated rings. The number of carbonyl (C=O) groups excluding carboxylic acids is 1. The Labute approximate surface area is 168 Å². The van der Waals surface area contributed by atoms with Crippen molar-refractivity contribution in [3.63, 3.8) is 0 Å². The maximum atomic E-state index is 12.9. The quantitative estimate of drug-likeness (QED) is 0.788. The van der Waals surface area contributed by atoms with E-state index in [1.54, 1.807) is 4.90 Å². The number of ether oxygens (including phenoxy) is 2. The molecule has 2 N–H and O–H groups in total. The lowest BCUT2D eigenvalue weighted by atomic mass is 9.89. The van der Waals surface area contributed by atoms with Gasteiger partial charge in [0.1, 0.15) is 0 Å². The van der Waals surface area contributed by atoms with E-state index in [1.165, 1.54) is 25.3 Å². The predicted octanol–water partition coefficient (Wildman–Crippen LogP) is 3.53. The Bertz CT molecular complexity index is 792. The summed E-state index contributed by atoms with van der Waals surface area (Å²) in [4.78, 5) is 14.7. The number of nitrogens with zero attached hydrogens (tertiary/aromatic N) is 1. The van der Waals surface area contributed by atoms with E-state index < -0.39 is 6.61 Å². The molecule has 0 spiro atoms. The first-order valence-corrected chi connectivity index (χ1v) is 8.70. The maximum Gasteiger partial charge on any atom is 0.387 e. The summed E-state index contributed by atoms with van der Waals surface area (Å²) in [6.07, 6.45) is 0. The zero-order valence-electron chi connectivity index (χ0n) is 15.4. The van der Waals surface area contributed by atoms with Gasteiger partial charge >= 0.3 is 6.61 Å². The van der Waals surface area contributed by atoms with Gasteiger partial charge in [-0.3, -0.25) is 4.79 Å². The van der Waals surface area contributed by atoms with Crippen LogP contribution >= 0.6 is 12.4 Å². The van der Waals surface area contributed by atoms with E-state index in [9.17, 15) is 13.6 Å². The van der Waals surface area contributed by atoms with Crippen molar-refractivity contribution in [3.05, 3.63) is 59.7 Å². The van der Waals surface area contributed by atoms with Crippen LogP contribution < -0.4 is 15.2 Å². The first-order chi connectivity index (χ1) is 13.0. The maximum absolute atomic E-state index is 12.9. The van der Waals surface area contributed by atoms with Crippen molar-refractivity contribution in [3.8, 4) is 11.5 Å². The first-order valence-electron chi connectivity index (χ1n) is 8.70. The minimum Gasteiger partial charge on any atom is -0.493 e. The van der Waals surface area contributed by atoms with E-state index in [4.69, 9.17) is 10.5 Å². The van der Waals surface area contributed by atoms with Crippen LogP contribution in [0.2, 0.25) is 0 Å². The van der Waals surface area contributed by atoms with Gasteiger partial charge in [-0.2, -0.15) is 8.78 Å². The van der Waals surface area contributed by atoms with E-state index in [0.717, 1.165) is 5.56 Å². The van der Waals surface area contributed by atoms with E-state index >= 15 is 0 Å². The lowest BCUT2D eigenvalue weighted by molar-refractivity contribution is -0.0512.